The zero-order chi connectivity index (χ0) is 24.5. The van der Waals surface area contributed by atoms with Crippen LogP contribution in [0.25, 0.3) is 0 Å². The van der Waals surface area contributed by atoms with Gasteiger partial charge in [0.1, 0.15) is 5.75 Å². The van der Waals surface area contributed by atoms with E-state index in [1.54, 1.807) is 43.3 Å². The third-order valence-electron chi connectivity index (χ3n) is 4.21. The van der Waals surface area contributed by atoms with Crippen molar-refractivity contribution in [2.24, 2.45) is 5.10 Å². The van der Waals surface area contributed by atoms with Crippen molar-refractivity contribution in [1.29, 1.82) is 0 Å². The minimum Gasteiger partial charge on any atom is -0.490 e. The first-order valence-corrected chi connectivity index (χ1v) is 11.5. The number of halogens is 3. The Hall–Kier alpha value is -3.07. The Morgan fingerprint density at radius 1 is 1.00 bits per heavy atom. The lowest BCUT2D eigenvalue weighted by atomic mass is 10.2. The summed E-state index contributed by atoms with van der Waals surface area (Å²) in [7, 11) is 0. The largest absolute Gasteiger partial charge is 0.490 e. The Bertz CT molecular complexity index is 1200. The Morgan fingerprint density at radius 2 is 1.76 bits per heavy atom. The van der Waals surface area contributed by atoms with Crippen LogP contribution in [0.1, 0.15) is 22.8 Å². The van der Waals surface area contributed by atoms with E-state index in [2.05, 4.69) is 26.5 Å². The van der Waals surface area contributed by atoms with E-state index < -0.39 is 11.9 Å². The highest BCUT2D eigenvalue weighted by atomic mass is 79.9. The summed E-state index contributed by atoms with van der Waals surface area (Å²) in [5, 5.41) is 4.51. The lowest BCUT2D eigenvalue weighted by molar-refractivity contribution is -0.123. The van der Waals surface area contributed by atoms with Crippen molar-refractivity contribution in [3.8, 4) is 17.2 Å². The fourth-order valence-corrected chi connectivity index (χ4v) is 3.41. The number of carbonyl (C=O) groups is 2. The van der Waals surface area contributed by atoms with Gasteiger partial charge in [0.2, 0.25) is 0 Å². The average Bonchev–Trinajstić information content (AvgIpc) is 2.80. The van der Waals surface area contributed by atoms with Crippen LogP contribution in [0.4, 0.5) is 0 Å². The Kier molecular flexibility index (Phi) is 9.33. The lowest BCUT2D eigenvalue weighted by Crippen LogP contribution is -2.24. The number of rotatable bonds is 9. The molecule has 0 spiro atoms. The first kappa shape index (κ1) is 25.6. The van der Waals surface area contributed by atoms with Gasteiger partial charge in [-0.25, -0.2) is 10.2 Å². The highest BCUT2D eigenvalue weighted by Gasteiger charge is 2.16. The predicted octanol–water partition coefficient (Wildman–Crippen LogP) is 5.90. The number of amides is 1. The molecule has 0 atom stereocenters. The van der Waals surface area contributed by atoms with Crippen LogP contribution in [0.15, 0.2) is 70.2 Å². The first-order chi connectivity index (χ1) is 16.4. The Labute approximate surface area is 214 Å². The second-order valence-electron chi connectivity index (χ2n) is 6.69. The van der Waals surface area contributed by atoms with Gasteiger partial charge in [0.25, 0.3) is 5.91 Å². The predicted molar refractivity (Wildman–Crippen MR) is 134 cm³/mol. The second kappa shape index (κ2) is 12.4. The lowest BCUT2D eigenvalue weighted by Gasteiger charge is -2.12. The van der Waals surface area contributed by atoms with Crippen LogP contribution >= 0.6 is 39.1 Å². The molecule has 0 aliphatic heterocycles. The molecule has 0 aliphatic rings. The summed E-state index contributed by atoms with van der Waals surface area (Å²) in [6, 6.07) is 16.4. The summed E-state index contributed by atoms with van der Waals surface area (Å²) in [4.78, 5) is 24.5. The average molecular weight is 566 g/mol. The maximum atomic E-state index is 12.5. The number of hydrogen-bond acceptors (Lipinski definition) is 6. The standard InChI is InChI=1S/C24H19BrCl2N2O5/c1-2-32-22-11-15(13-28-29-23(30)14-33-18-7-4-16(25)5-8-18)3-10-21(22)34-24(31)19-9-6-17(26)12-20(19)27/h3-13H,2,14H2,1H3,(H,29,30)/b28-13-. The second-order valence-corrected chi connectivity index (χ2v) is 8.45. The number of nitrogens with zero attached hydrogens (tertiary/aromatic N) is 1. The zero-order valence-corrected chi connectivity index (χ0v) is 21.0. The van der Waals surface area contributed by atoms with E-state index in [0.29, 0.717) is 28.7 Å². The Morgan fingerprint density at radius 3 is 2.47 bits per heavy atom. The molecule has 3 aromatic carbocycles. The molecule has 1 amide bonds. The molecule has 7 nitrogen and oxygen atoms in total. The molecule has 0 aromatic heterocycles. The summed E-state index contributed by atoms with van der Waals surface area (Å²) in [6.45, 7) is 1.95. The number of nitrogens with one attached hydrogen (secondary N) is 1. The van der Waals surface area contributed by atoms with E-state index >= 15 is 0 Å². The molecule has 0 unspecified atom stereocenters. The number of carbonyl (C=O) groups excluding carboxylic acids is 2. The van der Waals surface area contributed by atoms with Crippen LogP contribution in [-0.4, -0.2) is 31.3 Å². The molecule has 3 rings (SSSR count). The third-order valence-corrected chi connectivity index (χ3v) is 5.28. The monoisotopic (exact) mass is 564 g/mol. The van der Waals surface area contributed by atoms with Crippen LogP contribution in [0.5, 0.6) is 17.2 Å². The summed E-state index contributed by atoms with van der Waals surface area (Å²) in [5.41, 5.74) is 3.17. The minimum atomic E-state index is -0.651. The molecule has 3 aromatic rings. The van der Waals surface area contributed by atoms with Crippen molar-refractivity contribution in [3.05, 3.63) is 86.3 Å². The highest BCUT2D eigenvalue weighted by molar-refractivity contribution is 9.10. The van der Waals surface area contributed by atoms with Gasteiger partial charge in [-0.15, -0.1) is 0 Å². The van der Waals surface area contributed by atoms with Crippen molar-refractivity contribution >= 4 is 57.2 Å². The number of ether oxygens (including phenoxy) is 3. The first-order valence-electron chi connectivity index (χ1n) is 10.00. The molecule has 0 saturated carbocycles. The number of hydrazone groups is 1. The molecule has 176 valence electrons. The van der Waals surface area contributed by atoms with E-state index in [0.717, 1.165) is 4.47 Å². The third kappa shape index (κ3) is 7.48. The van der Waals surface area contributed by atoms with Crippen molar-refractivity contribution in [2.75, 3.05) is 13.2 Å². The van der Waals surface area contributed by atoms with Gasteiger partial charge in [-0.05, 0) is 73.2 Å². The molecule has 0 fully saturated rings. The van der Waals surface area contributed by atoms with Crippen LogP contribution in [0.3, 0.4) is 0 Å². The SMILES string of the molecule is CCOc1cc(/C=N\NC(=O)COc2ccc(Br)cc2)ccc1OC(=O)c1ccc(Cl)cc1Cl. The van der Waals surface area contributed by atoms with Crippen LogP contribution in [0, 0.1) is 0 Å². The maximum absolute atomic E-state index is 12.5. The smallest absolute Gasteiger partial charge is 0.345 e. The summed E-state index contributed by atoms with van der Waals surface area (Å²) >= 11 is 15.3. The number of hydrogen-bond donors (Lipinski definition) is 1. The van der Waals surface area contributed by atoms with Crippen molar-refractivity contribution < 1.29 is 23.8 Å². The number of benzene rings is 3. The van der Waals surface area contributed by atoms with Gasteiger partial charge in [0.05, 0.1) is 23.4 Å². The van der Waals surface area contributed by atoms with Crippen molar-refractivity contribution in [3.63, 3.8) is 0 Å². The fraction of sp³-hybridized carbons (Fsp3) is 0.125. The zero-order valence-electron chi connectivity index (χ0n) is 17.9. The van der Waals surface area contributed by atoms with E-state index in [1.807, 2.05) is 12.1 Å². The topological polar surface area (TPSA) is 86.2 Å². The normalized spacial score (nSPS) is 10.7. The van der Waals surface area contributed by atoms with E-state index in [4.69, 9.17) is 37.4 Å². The van der Waals surface area contributed by atoms with Crippen molar-refractivity contribution in [1.82, 2.24) is 5.43 Å². The summed E-state index contributed by atoms with van der Waals surface area (Å²) in [5.74, 6) is 0.0297. The van der Waals surface area contributed by atoms with Gasteiger partial charge < -0.3 is 14.2 Å². The number of esters is 1. The van der Waals surface area contributed by atoms with E-state index in [9.17, 15) is 9.59 Å². The van der Waals surface area contributed by atoms with E-state index in [1.165, 1.54) is 18.3 Å². The quantitative estimate of drug-likeness (QED) is 0.151. The molecule has 0 aliphatic carbocycles. The van der Waals surface area contributed by atoms with Crippen LogP contribution < -0.4 is 19.6 Å². The molecular formula is C24H19BrCl2N2O5. The van der Waals surface area contributed by atoms with Crippen molar-refractivity contribution in [2.45, 2.75) is 6.92 Å². The maximum Gasteiger partial charge on any atom is 0.345 e. The summed E-state index contributed by atoms with van der Waals surface area (Å²) < 4.78 is 17.3. The minimum absolute atomic E-state index is 0.173. The molecular weight excluding hydrogens is 547 g/mol. The molecule has 0 radical (unpaired) electrons. The molecule has 10 heteroatoms. The van der Waals surface area contributed by atoms with Gasteiger partial charge in [-0.2, -0.15) is 5.10 Å². The van der Waals surface area contributed by atoms with Crippen LogP contribution in [0.2, 0.25) is 10.0 Å². The van der Waals surface area contributed by atoms with Gasteiger partial charge in [0.15, 0.2) is 18.1 Å². The molecule has 1 N–H and O–H groups in total. The van der Waals surface area contributed by atoms with Gasteiger partial charge in [0, 0.05) is 9.50 Å². The Balaban J connectivity index is 1.61. The molecule has 0 bridgehead atoms. The van der Waals surface area contributed by atoms with Gasteiger partial charge >= 0.3 is 5.97 Å². The van der Waals surface area contributed by atoms with Gasteiger partial charge in [-0.3, -0.25) is 4.79 Å². The summed E-state index contributed by atoms with van der Waals surface area (Å²) in [6.07, 6.45) is 1.43. The molecule has 34 heavy (non-hydrogen) atoms. The highest BCUT2D eigenvalue weighted by Crippen LogP contribution is 2.30. The van der Waals surface area contributed by atoms with Crippen LogP contribution in [-0.2, 0) is 4.79 Å². The fourth-order valence-electron chi connectivity index (χ4n) is 2.66. The van der Waals surface area contributed by atoms with Gasteiger partial charge in [-0.1, -0.05) is 39.1 Å². The van der Waals surface area contributed by atoms with E-state index in [-0.39, 0.29) is 22.9 Å². The molecule has 0 heterocycles. The molecule has 0 saturated heterocycles.